The van der Waals surface area contributed by atoms with Gasteiger partial charge in [0.2, 0.25) is 0 Å². The number of rotatable bonds is 5. The Kier molecular flexibility index (Phi) is 5.44. The van der Waals surface area contributed by atoms with Gasteiger partial charge < -0.3 is 10.4 Å². The van der Waals surface area contributed by atoms with Crippen LogP contribution in [0.1, 0.15) is 19.4 Å². The minimum Gasteiger partial charge on any atom is -0.481 e. The van der Waals surface area contributed by atoms with Crippen molar-refractivity contribution in [3.63, 3.8) is 0 Å². The minimum absolute atomic E-state index is 0.0578. The number of halogens is 4. The SMILES string of the molecule is CC(C)C(CNc1ccc(Br)cc1C(F)(F)F)C(=O)O. The molecule has 0 aliphatic heterocycles. The van der Waals surface area contributed by atoms with Crippen molar-refractivity contribution in [2.45, 2.75) is 20.0 Å². The first-order valence-corrected chi connectivity index (χ1v) is 6.75. The second-order valence-electron chi connectivity index (χ2n) is 4.76. The lowest BCUT2D eigenvalue weighted by molar-refractivity contribution is -0.142. The maximum Gasteiger partial charge on any atom is 0.418 e. The molecule has 0 fully saturated rings. The summed E-state index contributed by atoms with van der Waals surface area (Å²) in [6.07, 6.45) is -4.50. The summed E-state index contributed by atoms with van der Waals surface area (Å²) >= 11 is 2.99. The molecule has 0 radical (unpaired) electrons. The van der Waals surface area contributed by atoms with Gasteiger partial charge in [0.1, 0.15) is 0 Å². The Hall–Kier alpha value is -1.24. The zero-order valence-electron chi connectivity index (χ0n) is 11.0. The Labute approximate surface area is 123 Å². The van der Waals surface area contributed by atoms with Crippen LogP contribution in [0.4, 0.5) is 18.9 Å². The van der Waals surface area contributed by atoms with Gasteiger partial charge in [-0.25, -0.2) is 0 Å². The van der Waals surface area contributed by atoms with Crippen molar-refractivity contribution in [3.05, 3.63) is 28.2 Å². The number of carboxylic acid groups (broad SMARTS) is 1. The highest BCUT2D eigenvalue weighted by molar-refractivity contribution is 9.10. The Morgan fingerprint density at radius 2 is 2.00 bits per heavy atom. The van der Waals surface area contributed by atoms with E-state index in [1.807, 2.05) is 0 Å². The number of hydrogen-bond acceptors (Lipinski definition) is 2. The molecule has 0 heterocycles. The van der Waals surface area contributed by atoms with Gasteiger partial charge in [-0.1, -0.05) is 29.8 Å². The van der Waals surface area contributed by atoms with Gasteiger partial charge >= 0.3 is 12.1 Å². The quantitative estimate of drug-likeness (QED) is 0.832. The molecule has 0 spiro atoms. The van der Waals surface area contributed by atoms with Crippen LogP contribution < -0.4 is 5.32 Å². The average molecular weight is 354 g/mol. The summed E-state index contributed by atoms with van der Waals surface area (Å²) < 4.78 is 39.0. The van der Waals surface area contributed by atoms with Gasteiger partial charge in [-0.3, -0.25) is 4.79 Å². The fourth-order valence-electron chi connectivity index (χ4n) is 1.73. The summed E-state index contributed by atoms with van der Waals surface area (Å²) in [6, 6.07) is 3.72. The van der Waals surface area contributed by atoms with Crippen molar-refractivity contribution in [2.24, 2.45) is 11.8 Å². The third-order valence-corrected chi connectivity index (χ3v) is 3.41. The molecular formula is C13H15BrF3NO2. The lowest BCUT2D eigenvalue weighted by Crippen LogP contribution is -2.28. The summed E-state index contributed by atoms with van der Waals surface area (Å²) in [7, 11) is 0. The molecule has 1 aromatic carbocycles. The highest BCUT2D eigenvalue weighted by atomic mass is 79.9. The summed E-state index contributed by atoms with van der Waals surface area (Å²) in [5.74, 6) is -1.96. The third-order valence-electron chi connectivity index (χ3n) is 2.92. The monoisotopic (exact) mass is 353 g/mol. The smallest absolute Gasteiger partial charge is 0.418 e. The molecule has 20 heavy (non-hydrogen) atoms. The Morgan fingerprint density at radius 3 is 2.45 bits per heavy atom. The predicted octanol–water partition coefficient (Wildman–Crippen LogP) is 4.24. The van der Waals surface area contributed by atoms with Crippen molar-refractivity contribution >= 4 is 27.6 Å². The normalized spacial score (nSPS) is 13.3. The van der Waals surface area contributed by atoms with Crippen molar-refractivity contribution in [1.29, 1.82) is 0 Å². The molecule has 7 heteroatoms. The van der Waals surface area contributed by atoms with Gasteiger partial charge in [0.25, 0.3) is 0 Å². The van der Waals surface area contributed by atoms with E-state index < -0.39 is 23.6 Å². The van der Waals surface area contributed by atoms with E-state index in [1.54, 1.807) is 13.8 Å². The van der Waals surface area contributed by atoms with Crippen LogP contribution in [0.25, 0.3) is 0 Å². The number of carboxylic acids is 1. The van der Waals surface area contributed by atoms with E-state index in [2.05, 4.69) is 21.2 Å². The fraction of sp³-hybridized carbons (Fsp3) is 0.462. The molecule has 1 atom stereocenters. The van der Waals surface area contributed by atoms with E-state index in [1.165, 1.54) is 12.1 Å². The second-order valence-corrected chi connectivity index (χ2v) is 5.67. The molecular weight excluding hydrogens is 339 g/mol. The van der Waals surface area contributed by atoms with Gasteiger partial charge in [0.05, 0.1) is 11.5 Å². The van der Waals surface area contributed by atoms with Crippen molar-refractivity contribution < 1.29 is 23.1 Å². The molecule has 0 saturated carbocycles. The molecule has 112 valence electrons. The molecule has 0 aliphatic rings. The number of hydrogen-bond donors (Lipinski definition) is 2. The fourth-order valence-corrected chi connectivity index (χ4v) is 2.09. The van der Waals surface area contributed by atoms with Crippen LogP contribution in [0.15, 0.2) is 22.7 Å². The Balaban J connectivity index is 2.95. The summed E-state index contributed by atoms with van der Waals surface area (Å²) in [4.78, 5) is 11.0. The van der Waals surface area contributed by atoms with E-state index in [4.69, 9.17) is 5.11 Å². The van der Waals surface area contributed by atoms with E-state index in [9.17, 15) is 18.0 Å². The summed E-state index contributed by atoms with van der Waals surface area (Å²) in [5, 5.41) is 11.6. The van der Waals surface area contributed by atoms with Crippen LogP contribution in [0.3, 0.4) is 0 Å². The first kappa shape index (κ1) is 16.8. The molecule has 1 aromatic rings. The molecule has 0 aromatic heterocycles. The van der Waals surface area contributed by atoms with Gasteiger partial charge in [0.15, 0.2) is 0 Å². The molecule has 0 bridgehead atoms. The van der Waals surface area contributed by atoms with Gasteiger partial charge in [0, 0.05) is 16.7 Å². The number of nitrogens with one attached hydrogen (secondary N) is 1. The number of anilines is 1. The lowest BCUT2D eigenvalue weighted by atomic mass is 9.96. The Morgan fingerprint density at radius 1 is 1.40 bits per heavy atom. The van der Waals surface area contributed by atoms with Crippen molar-refractivity contribution in [2.75, 3.05) is 11.9 Å². The van der Waals surface area contributed by atoms with Crippen LogP contribution in [-0.2, 0) is 11.0 Å². The minimum atomic E-state index is -4.50. The van der Waals surface area contributed by atoms with E-state index >= 15 is 0 Å². The van der Waals surface area contributed by atoms with Crippen LogP contribution in [0, 0.1) is 11.8 Å². The van der Waals surface area contributed by atoms with Crippen molar-refractivity contribution in [3.8, 4) is 0 Å². The molecule has 2 N–H and O–H groups in total. The predicted molar refractivity (Wildman–Crippen MR) is 73.6 cm³/mol. The highest BCUT2D eigenvalue weighted by Crippen LogP contribution is 2.36. The zero-order chi connectivity index (χ0) is 15.5. The number of aliphatic carboxylic acids is 1. The topological polar surface area (TPSA) is 49.3 Å². The molecule has 1 rings (SSSR count). The van der Waals surface area contributed by atoms with Crippen LogP contribution >= 0.6 is 15.9 Å². The lowest BCUT2D eigenvalue weighted by Gasteiger charge is -2.20. The summed E-state index contributed by atoms with van der Waals surface area (Å²) in [6.45, 7) is 3.37. The average Bonchev–Trinajstić information content (AvgIpc) is 2.28. The highest BCUT2D eigenvalue weighted by Gasteiger charge is 2.34. The van der Waals surface area contributed by atoms with Gasteiger partial charge in [-0.05, 0) is 24.1 Å². The third kappa shape index (κ3) is 4.40. The van der Waals surface area contributed by atoms with E-state index in [0.717, 1.165) is 6.07 Å². The number of benzene rings is 1. The van der Waals surface area contributed by atoms with Gasteiger partial charge in [-0.2, -0.15) is 13.2 Å². The first-order chi connectivity index (χ1) is 9.12. The zero-order valence-corrected chi connectivity index (χ0v) is 12.5. The maximum absolute atomic E-state index is 12.9. The molecule has 1 unspecified atom stereocenters. The molecule has 0 amide bonds. The van der Waals surface area contributed by atoms with Crippen LogP contribution in [0.5, 0.6) is 0 Å². The second kappa shape index (κ2) is 6.47. The molecule has 0 saturated heterocycles. The van der Waals surface area contributed by atoms with E-state index in [0.29, 0.717) is 4.47 Å². The summed E-state index contributed by atoms with van der Waals surface area (Å²) in [5.41, 5.74) is -0.938. The molecule has 3 nitrogen and oxygen atoms in total. The van der Waals surface area contributed by atoms with E-state index in [-0.39, 0.29) is 18.2 Å². The van der Waals surface area contributed by atoms with Gasteiger partial charge in [-0.15, -0.1) is 0 Å². The molecule has 0 aliphatic carbocycles. The number of alkyl halides is 3. The Bertz CT molecular complexity index is 489. The largest absolute Gasteiger partial charge is 0.481 e. The first-order valence-electron chi connectivity index (χ1n) is 5.96. The van der Waals surface area contributed by atoms with Crippen LogP contribution in [0.2, 0.25) is 0 Å². The number of carbonyl (C=O) groups is 1. The van der Waals surface area contributed by atoms with Crippen LogP contribution in [-0.4, -0.2) is 17.6 Å². The van der Waals surface area contributed by atoms with Crippen molar-refractivity contribution in [1.82, 2.24) is 0 Å². The maximum atomic E-state index is 12.9. The standard InChI is InChI=1S/C13H15BrF3NO2/c1-7(2)9(12(19)20)6-18-11-4-3-8(14)5-10(11)13(15,16)17/h3-5,7,9,18H,6H2,1-2H3,(H,19,20).